The molecular formula is C15H10BrCl2NO2. The van der Waals surface area contributed by atoms with Gasteiger partial charge in [-0.25, -0.2) is 4.79 Å². The lowest BCUT2D eigenvalue weighted by atomic mass is 10.0. The Morgan fingerprint density at radius 1 is 1.19 bits per heavy atom. The molecule has 0 saturated carbocycles. The number of rotatable bonds is 2. The summed E-state index contributed by atoms with van der Waals surface area (Å²) in [6.45, 7) is 0. The van der Waals surface area contributed by atoms with Crippen LogP contribution in [0.5, 0.6) is 0 Å². The van der Waals surface area contributed by atoms with Gasteiger partial charge in [-0.2, -0.15) is 0 Å². The number of alkyl halides is 1. The van der Waals surface area contributed by atoms with Gasteiger partial charge in [-0.3, -0.25) is 4.57 Å². The van der Waals surface area contributed by atoms with Crippen LogP contribution in [-0.4, -0.2) is 4.57 Å². The monoisotopic (exact) mass is 385 g/mol. The SMILES string of the molecule is Cn1c(=O)oc2cc(C(Br)c3c(Cl)cccc3Cl)ccc21. The van der Waals surface area contributed by atoms with Crippen LogP contribution >= 0.6 is 39.1 Å². The standard InChI is InChI=1S/C15H10BrCl2NO2/c1-19-11-6-5-8(7-12(11)21-15(19)20)14(16)13-9(17)3-2-4-10(13)18/h2-7,14H,1H3. The number of hydrogen-bond donors (Lipinski definition) is 0. The summed E-state index contributed by atoms with van der Waals surface area (Å²) >= 11 is 16.1. The maximum atomic E-state index is 11.5. The Morgan fingerprint density at radius 3 is 2.52 bits per heavy atom. The van der Waals surface area contributed by atoms with Crippen molar-refractivity contribution in [2.45, 2.75) is 4.83 Å². The van der Waals surface area contributed by atoms with E-state index in [9.17, 15) is 4.79 Å². The highest BCUT2D eigenvalue weighted by Crippen LogP contribution is 2.40. The molecular weight excluding hydrogens is 377 g/mol. The van der Waals surface area contributed by atoms with Crippen LogP contribution < -0.4 is 5.76 Å². The van der Waals surface area contributed by atoms with Crippen LogP contribution in [0.1, 0.15) is 16.0 Å². The van der Waals surface area contributed by atoms with Crippen molar-refractivity contribution >= 4 is 50.2 Å². The molecule has 0 fully saturated rings. The van der Waals surface area contributed by atoms with Crippen LogP contribution in [0, 0.1) is 0 Å². The van der Waals surface area contributed by atoms with E-state index in [2.05, 4.69) is 15.9 Å². The van der Waals surface area contributed by atoms with Crippen LogP contribution in [-0.2, 0) is 7.05 Å². The second-order valence-corrected chi connectivity index (χ2v) is 6.38. The zero-order valence-electron chi connectivity index (χ0n) is 10.9. The average molecular weight is 387 g/mol. The van der Waals surface area contributed by atoms with Crippen molar-refractivity contribution in [3.63, 3.8) is 0 Å². The molecule has 108 valence electrons. The normalized spacial score (nSPS) is 12.8. The molecule has 1 aromatic heterocycles. The highest BCUT2D eigenvalue weighted by Gasteiger charge is 2.18. The first-order valence-corrected chi connectivity index (χ1v) is 7.83. The Kier molecular flexibility index (Phi) is 3.86. The van der Waals surface area contributed by atoms with Crippen molar-refractivity contribution in [1.82, 2.24) is 4.57 Å². The Morgan fingerprint density at radius 2 is 1.86 bits per heavy atom. The number of aryl methyl sites for hydroxylation is 1. The van der Waals surface area contributed by atoms with Gasteiger partial charge in [0.1, 0.15) is 0 Å². The second-order valence-electron chi connectivity index (χ2n) is 4.65. The predicted octanol–water partition coefficient (Wildman–Crippen LogP) is 4.92. The molecule has 0 aliphatic rings. The van der Waals surface area contributed by atoms with Crippen LogP contribution in [0.25, 0.3) is 11.1 Å². The van der Waals surface area contributed by atoms with Crippen molar-refractivity contribution in [1.29, 1.82) is 0 Å². The van der Waals surface area contributed by atoms with Crippen molar-refractivity contribution in [2.75, 3.05) is 0 Å². The topological polar surface area (TPSA) is 35.1 Å². The largest absolute Gasteiger partial charge is 0.419 e. The van der Waals surface area contributed by atoms with Gasteiger partial charge < -0.3 is 4.42 Å². The maximum Gasteiger partial charge on any atom is 0.419 e. The third-order valence-electron chi connectivity index (χ3n) is 3.36. The number of benzene rings is 2. The lowest BCUT2D eigenvalue weighted by Crippen LogP contribution is -2.08. The third kappa shape index (κ3) is 2.52. The molecule has 0 bridgehead atoms. The lowest BCUT2D eigenvalue weighted by Gasteiger charge is -2.14. The highest BCUT2D eigenvalue weighted by atomic mass is 79.9. The molecule has 0 radical (unpaired) electrons. The molecule has 0 N–H and O–H groups in total. The third-order valence-corrected chi connectivity index (χ3v) is 5.01. The van der Waals surface area contributed by atoms with Gasteiger partial charge in [-0.05, 0) is 29.8 Å². The van der Waals surface area contributed by atoms with E-state index < -0.39 is 0 Å². The van der Waals surface area contributed by atoms with Gasteiger partial charge in [-0.15, -0.1) is 0 Å². The van der Waals surface area contributed by atoms with Crippen molar-refractivity contribution in [3.8, 4) is 0 Å². The predicted molar refractivity (Wildman–Crippen MR) is 88.7 cm³/mol. The average Bonchev–Trinajstić information content (AvgIpc) is 2.73. The molecule has 1 atom stereocenters. The zero-order valence-corrected chi connectivity index (χ0v) is 14.0. The smallest absolute Gasteiger partial charge is 0.408 e. The molecule has 1 unspecified atom stereocenters. The van der Waals surface area contributed by atoms with E-state index in [1.54, 1.807) is 25.2 Å². The quantitative estimate of drug-likeness (QED) is 0.585. The summed E-state index contributed by atoms with van der Waals surface area (Å²) < 4.78 is 6.67. The minimum Gasteiger partial charge on any atom is -0.408 e. The fourth-order valence-electron chi connectivity index (χ4n) is 2.23. The van der Waals surface area contributed by atoms with Crippen LogP contribution in [0.2, 0.25) is 10.0 Å². The summed E-state index contributed by atoms with van der Waals surface area (Å²) in [5.41, 5.74) is 2.98. The summed E-state index contributed by atoms with van der Waals surface area (Å²) in [5, 5.41) is 1.16. The summed E-state index contributed by atoms with van der Waals surface area (Å²) in [7, 11) is 1.67. The molecule has 3 aromatic rings. The van der Waals surface area contributed by atoms with Crippen LogP contribution in [0.3, 0.4) is 0 Å². The Labute approximate surface area is 139 Å². The summed E-state index contributed by atoms with van der Waals surface area (Å²) in [4.78, 5) is 11.4. The van der Waals surface area contributed by atoms with E-state index in [1.165, 1.54) is 4.57 Å². The first kappa shape index (κ1) is 14.7. The van der Waals surface area contributed by atoms with E-state index in [0.717, 1.165) is 16.6 Å². The van der Waals surface area contributed by atoms with E-state index in [4.69, 9.17) is 27.6 Å². The first-order chi connectivity index (χ1) is 9.99. The van der Waals surface area contributed by atoms with Crippen molar-refractivity contribution in [2.24, 2.45) is 7.05 Å². The Balaban J connectivity index is 2.14. The molecule has 0 amide bonds. The van der Waals surface area contributed by atoms with Gasteiger partial charge >= 0.3 is 5.76 Å². The van der Waals surface area contributed by atoms with Gasteiger partial charge in [-0.1, -0.05) is 51.3 Å². The molecule has 3 nitrogen and oxygen atoms in total. The molecule has 0 aliphatic heterocycles. The molecule has 2 aromatic carbocycles. The zero-order chi connectivity index (χ0) is 15.1. The highest BCUT2D eigenvalue weighted by molar-refractivity contribution is 9.09. The molecule has 6 heteroatoms. The molecule has 0 spiro atoms. The molecule has 3 rings (SSSR count). The minimum atomic E-state index is -0.385. The lowest BCUT2D eigenvalue weighted by molar-refractivity contribution is 0.528. The molecule has 21 heavy (non-hydrogen) atoms. The van der Waals surface area contributed by atoms with Gasteiger partial charge in [0, 0.05) is 22.7 Å². The number of fused-ring (bicyclic) bond motifs is 1. The maximum absolute atomic E-state index is 11.5. The van der Waals surface area contributed by atoms with Crippen molar-refractivity contribution < 1.29 is 4.42 Å². The van der Waals surface area contributed by atoms with Gasteiger partial charge in [0.2, 0.25) is 0 Å². The van der Waals surface area contributed by atoms with Gasteiger partial charge in [0.05, 0.1) is 10.3 Å². The van der Waals surface area contributed by atoms with Gasteiger partial charge in [0.15, 0.2) is 5.58 Å². The first-order valence-electron chi connectivity index (χ1n) is 6.16. The molecule has 0 saturated heterocycles. The number of oxazole rings is 1. The van der Waals surface area contributed by atoms with Crippen LogP contribution in [0.15, 0.2) is 45.6 Å². The number of hydrogen-bond acceptors (Lipinski definition) is 2. The van der Waals surface area contributed by atoms with E-state index in [1.807, 2.05) is 18.2 Å². The van der Waals surface area contributed by atoms with E-state index in [-0.39, 0.29) is 10.6 Å². The van der Waals surface area contributed by atoms with Crippen LogP contribution in [0.4, 0.5) is 0 Å². The summed E-state index contributed by atoms with van der Waals surface area (Å²) in [5.74, 6) is -0.385. The number of nitrogens with zero attached hydrogens (tertiary/aromatic N) is 1. The summed E-state index contributed by atoms with van der Waals surface area (Å²) in [6, 6.07) is 10.9. The fraction of sp³-hybridized carbons (Fsp3) is 0.133. The van der Waals surface area contributed by atoms with Gasteiger partial charge in [0.25, 0.3) is 0 Å². The minimum absolute atomic E-state index is 0.186. The fourth-order valence-corrected chi connectivity index (χ4v) is 3.88. The molecule has 1 heterocycles. The van der Waals surface area contributed by atoms with E-state index in [0.29, 0.717) is 15.6 Å². The Bertz CT molecular complexity index is 865. The van der Waals surface area contributed by atoms with Crippen molar-refractivity contribution in [3.05, 3.63) is 68.1 Å². The van der Waals surface area contributed by atoms with E-state index >= 15 is 0 Å². The second kappa shape index (κ2) is 5.52. The Hall–Kier alpha value is -1.23. The number of halogens is 3. The number of aromatic nitrogens is 1. The molecule has 0 aliphatic carbocycles. The summed E-state index contributed by atoms with van der Waals surface area (Å²) in [6.07, 6.45) is 0.